The van der Waals surface area contributed by atoms with E-state index in [1.807, 2.05) is 31.6 Å². The van der Waals surface area contributed by atoms with Gasteiger partial charge in [-0.15, -0.1) is 0 Å². The van der Waals surface area contributed by atoms with E-state index in [9.17, 15) is 9.59 Å². The first kappa shape index (κ1) is 19.9. The van der Waals surface area contributed by atoms with Crippen LogP contribution in [0.4, 0.5) is 11.4 Å². The molecule has 0 bridgehead atoms. The number of hydrogen-bond acceptors (Lipinski definition) is 4. The number of aryl methyl sites for hydroxylation is 2. The Bertz CT molecular complexity index is 881. The molecule has 2 amide bonds. The number of benzene rings is 1. The van der Waals surface area contributed by atoms with Gasteiger partial charge in [-0.25, -0.2) is 0 Å². The lowest BCUT2D eigenvalue weighted by Crippen LogP contribution is -2.30. The fraction of sp³-hybridized carbons (Fsp3) is 0.476. The Labute approximate surface area is 165 Å². The van der Waals surface area contributed by atoms with Gasteiger partial charge in [-0.05, 0) is 63.3 Å². The molecule has 1 aliphatic rings. The van der Waals surface area contributed by atoms with Crippen molar-refractivity contribution in [3.8, 4) is 0 Å². The number of carbonyl (C=O) groups is 2. The summed E-state index contributed by atoms with van der Waals surface area (Å²) >= 11 is 0. The maximum absolute atomic E-state index is 12.7. The number of nitrogens with one attached hydrogen (secondary N) is 1. The van der Waals surface area contributed by atoms with Gasteiger partial charge in [0.05, 0.1) is 17.1 Å². The number of hydrogen-bond donors (Lipinski definition) is 2. The highest BCUT2D eigenvalue weighted by molar-refractivity contribution is 5.99. The zero-order chi connectivity index (χ0) is 20.3. The van der Waals surface area contributed by atoms with Crippen LogP contribution >= 0.6 is 0 Å². The van der Waals surface area contributed by atoms with Crippen molar-refractivity contribution in [2.75, 3.05) is 23.3 Å². The van der Waals surface area contributed by atoms with Crippen molar-refractivity contribution in [1.29, 1.82) is 0 Å². The third kappa shape index (κ3) is 4.35. The smallest absolute Gasteiger partial charge is 0.248 e. The highest BCUT2D eigenvalue weighted by atomic mass is 16.2. The Balaban J connectivity index is 1.76. The molecule has 1 aromatic carbocycles. The van der Waals surface area contributed by atoms with Gasteiger partial charge in [-0.2, -0.15) is 5.10 Å². The lowest BCUT2D eigenvalue weighted by molar-refractivity contribution is -0.116. The number of piperidine rings is 1. The standard InChI is InChI=1S/C21H29N5O2/c1-14-17(15(2)25(3)24-14)8-10-20(27)23-18-13-16(21(22)28)7-9-19(18)26-11-5-4-6-12-26/h7,9,13H,4-6,8,10-12H2,1-3H3,(H2,22,28)(H,23,27). The zero-order valence-electron chi connectivity index (χ0n) is 16.9. The van der Waals surface area contributed by atoms with E-state index >= 15 is 0 Å². The Kier molecular flexibility index (Phi) is 6.02. The molecule has 1 aliphatic heterocycles. The number of aromatic nitrogens is 2. The molecule has 2 aromatic rings. The van der Waals surface area contributed by atoms with E-state index in [-0.39, 0.29) is 5.91 Å². The molecule has 3 N–H and O–H groups in total. The van der Waals surface area contributed by atoms with Gasteiger partial charge in [0, 0.05) is 37.8 Å². The van der Waals surface area contributed by atoms with Gasteiger partial charge < -0.3 is 16.0 Å². The largest absolute Gasteiger partial charge is 0.370 e. The highest BCUT2D eigenvalue weighted by Crippen LogP contribution is 2.30. The van der Waals surface area contributed by atoms with Crippen molar-refractivity contribution >= 4 is 23.2 Å². The summed E-state index contributed by atoms with van der Waals surface area (Å²) in [6.07, 6.45) is 4.47. The minimum atomic E-state index is -0.498. The van der Waals surface area contributed by atoms with Crippen LogP contribution in [-0.4, -0.2) is 34.7 Å². The topological polar surface area (TPSA) is 93.2 Å². The van der Waals surface area contributed by atoms with Gasteiger partial charge >= 0.3 is 0 Å². The summed E-state index contributed by atoms with van der Waals surface area (Å²) in [6, 6.07) is 5.30. The first-order chi connectivity index (χ1) is 13.4. The van der Waals surface area contributed by atoms with Crippen LogP contribution in [0.25, 0.3) is 0 Å². The van der Waals surface area contributed by atoms with E-state index in [2.05, 4.69) is 15.3 Å². The maximum atomic E-state index is 12.7. The second-order valence-electron chi connectivity index (χ2n) is 7.47. The number of nitrogens with zero attached hydrogens (tertiary/aromatic N) is 3. The zero-order valence-corrected chi connectivity index (χ0v) is 16.9. The Morgan fingerprint density at radius 3 is 2.50 bits per heavy atom. The normalized spacial score (nSPS) is 14.2. The molecule has 1 fully saturated rings. The first-order valence-corrected chi connectivity index (χ1v) is 9.84. The van der Waals surface area contributed by atoms with Crippen molar-refractivity contribution in [1.82, 2.24) is 9.78 Å². The lowest BCUT2D eigenvalue weighted by Gasteiger charge is -2.30. The summed E-state index contributed by atoms with van der Waals surface area (Å²) in [5, 5.41) is 7.41. The molecule has 28 heavy (non-hydrogen) atoms. The van der Waals surface area contributed by atoms with Crippen molar-refractivity contribution in [2.45, 2.75) is 46.0 Å². The van der Waals surface area contributed by atoms with Crippen LogP contribution in [0.1, 0.15) is 53.0 Å². The van der Waals surface area contributed by atoms with E-state index < -0.39 is 5.91 Å². The number of rotatable bonds is 6. The summed E-state index contributed by atoms with van der Waals surface area (Å²) in [6.45, 7) is 5.88. The summed E-state index contributed by atoms with van der Waals surface area (Å²) in [5.74, 6) is -0.579. The van der Waals surface area contributed by atoms with Gasteiger partial charge in [0.25, 0.3) is 0 Å². The fourth-order valence-corrected chi connectivity index (χ4v) is 3.83. The van der Waals surface area contributed by atoms with Crippen LogP contribution < -0.4 is 16.0 Å². The van der Waals surface area contributed by atoms with E-state index in [1.165, 1.54) is 6.42 Å². The number of primary amides is 1. The quantitative estimate of drug-likeness (QED) is 0.802. The van der Waals surface area contributed by atoms with Crippen molar-refractivity contribution in [3.63, 3.8) is 0 Å². The molecular formula is C21H29N5O2. The molecule has 0 radical (unpaired) electrons. The number of nitrogens with two attached hydrogens (primary N) is 1. The predicted molar refractivity (Wildman–Crippen MR) is 111 cm³/mol. The van der Waals surface area contributed by atoms with E-state index in [0.29, 0.717) is 24.1 Å². The van der Waals surface area contributed by atoms with Crippen LogP contribution in [-0.2, 0) is 18.3 Å². The predicted octanol–water partition coefficient (Wildman–Crippen LogP) is 2.70. The summed E-state index contributed by atoms with van der Waals surface area (Å²) in [4.78, 5) is 26.5. The Hall–Kier alpha value is -2.83. The molecule has 150 valence electrons. The summed E-state index contributed by atoms with van der Waals surface area (Å²) < 4.78 is 1.84. The van der Waals surface area contributed by atoms with Crippen molar-refractivity contribution in [3.05, 3.63) is 40.7 Å². The molecule has 2 heterocycles. The van der Waals surface area contributed by atoms with Gasteiger partial charge in [0.2, 0.25) is 11.8 Å². The van der Waals surface area contributed by atoms with Gasteiger partial charge in [0.15, 0.2) is 0 Å². The maximum Gasteiger partial charge on any atom is 0.248 e. The van der Waals surface area contributed by atoms with Crippen LogP contribution in [0, 0.1) is 13.8 Å². The number of anilines is 2. The SMILES string of the molecule is Cc1nn(C)c(C)c1CCC(=O)Nc1cc(C(N)=O)ccc1N1CCCCC1. The van der Waals surface area contributed by atoms with Crippen LogP contribution in [0.15, 0.2) is 18.2 Å². The molecular weight excluding hydrogens is 354 g/mol. The third-order valence-electron chi connectivity index (χ3n) is 5.51. The number of carbonyl (C=O) groups excluding carboxylic acids is 2. The Morgan fingerprint density at radius 2 is 1.89 bits per heavy atom. The third-order valence-corrected chi connectivity index (χ3v) is 5.51. The van der Waals surface area contributed by atoms with Crippen LogP contribution in [0.5, 0.6) is 0 Å². The minimum Gasteiger partial charge on any atom is -0.370 e. The van der Waals surface area contributed by atoms with E-state index in [0.717, 1.165) is 48.6 Å². The second-order valence-corrected chi connectivity index (χ2v) is 7.47. The van der Waals surface area contributed by atoms with Crippen LogP contribution in [0.3, 0.4) is 0 Å². The van der Waals surface area contributed by atoms with Gasteiger partial charge in [-0.3, -0.25) is 14.3 Å². The summed E-state index contributed by atoms with van der Waals surface area (Å²) in [5.41, 5.74) is 10.6. The minimum absolute atomic E-state index is 0.0810. The second kappa shape index (κ2) is 8.46. The monoisotopic (exact) mass is 383 g/mol. The van der Waals surface area contributed by atoms with Gasteiger partial charge in [0.1, 0.15) is 0 Å². The average Bonchev–Trinajstić information content (AvgIpc) is 2.92. The lowest BCUT2D eigenvalue weighted by atomic mass is 10.1. The highest BCUT2D eigenvalue weighted by Gasteiger charge is 2.18. The molecule has 1 saturated heterocycles. The molecule has 0 spiro atoms. The molecule has 0 atom stereocenters. The summed E-state index contributed by atoms with van der Waals surface area (Å²) in [7, 11) is 1.91. The van der Waals surface area contributed by atoms with E-state index in [1.54, 1.807) is 12.1 Å². The molecule has 0 saturated carbocycles. The molecule has 3 rings (SSSR count). The first-order valence-electron chi connectivity index (χ1n) is 9.84. The molecule has 7 nitrogen and oxygen atoms in total. The molecule has 0 unspecified atom stereocenters. The molecule has 1 aromatic heterocycles. The average molecular weight is 383 g/mol. The van der Waals surface area contributed by atoms with Crippen molar-refractivity contribution in [2.24, 2.45) is 12.8 Å². The number of amides is 2. The van der Waals surface area contributed by atoms with Gasteiger partial charge in [-0.1, -0.05) is 0 Å². The Morgan fingerprint density at radius 1 is 1.18 bits per heavy atom. The van der Waals surface area contributed by atoms with Crippen LogP contribution in [0.2, 0.25) is 0 Å². The fourth-order valence-electron chi connectivity index (χ4n) is 3.83. The van der Waals surface area contributed by atoms with Crippen molar-refractivity contribution < 1.29 is 9.59 Å². The molecule has 0 aliphatic carbocycles. The van der Waals surface area contributed by atoms with E-state index in [4.69, 9.17) is 5.73 Å². The molecule has 7 heteroatoms.